The number of aromatic hydroxyl groups is 2. The molecule has 3 aromatic rings. The first-order chi connectivity index (χ1) is 56.3. The van der Waals surface area contributed by atoms with Gasteiger partial charge in [0, 0.05) is 70.3 Å². The van der Waals surface area contributed by atoms with Gasteiger partial charge in [-0.2, -0.15) is 0 Å². The van der Waals surface area contributed by atoms with Crippen LogP contribution in [0.3, 0.4) is 0 Å². The van der Waals surface area contributed by atoms with Crippen molar-refractivity contribution in [2.75, 3.05) is 39.3 Å². The molecule has 46 nitrogen and oxygen atoms in total. The number of urea groups is 3. The summed E-state index contributed by atoms with van der Waals surface area (Å²) in [5, 5.41) is 85.3. The summed E-state index contributed by atoms with van der Waals surface area (Å²) >= 11 is 0. The highest BCUT2D eigenvalue weighted by Gasteiger charge is 2.39. The molecule has 1 heterocycles. The van der Waals surface area contributed by atoms with Crippen LogP contribution in [0, 0.1) is 22.7 Å². The van der Waals surface area contributed by atoms with Crippen LogP contribution in [0.5, 0.6) is 11.5 Å². The smallest absolute Gasteiger partial charge is 0.326 e. The van der Waals surface area contributed by atoms with E-state index in [2.05, 4.69) is 95.0 Å². The molecule has 0 unspecified atom stereocenters. The molecule has 0 saturated carbocycles. The molecular formula is C73H117N27O19. The summed E-state index contributed by atoms with van der Waals surface area (Å²) in [4.78, 5) is 226. The maximum Gasteiger partial charge on any atom is 0.326 e. The molecule has 119 heavy (non-hydrogen) atoms. The maximum atomic E-state index is 15.0. The lowest BCUT2D eigenvalue weighted by Crippen LogP contribution is -2.62. The summed E-state index contributed by atoms with van der Waals surface area (Å²) < 4.78 is 0. The van der Waals surface area contributed by atoms with Crippen molar-refractivity contribution in [1.82, 2.24) is 95.0 Å². The van der Waals surface area contributed by atoms with E-state index >= 15 is 0 Å². The Labute approximate surface area is 686 Å². The minimum absolute atomic E-state index is 0.00993. The van der Waals surface area contributed by atoms with Crippen molar-refractivity contribution in [2.24, 2.45) is 52.0 Å². The van der Waals surface area contributed by atoms with E-state index < -0.39 is 199 Å². The second-order valence-electron chi connectivity index (χ2n) is 28.2. The molecule has 658 valence electrons. The predicted molar refractivity (Wildman–Crippen MR) is 430 cm³/mol. The van der Waals surface area contributed by atoms with Crippen molar-refractivity contribution in [3.05, 3.63) is 77.9 Å². The van der Waals surface area contributed by atoms with Crippen LogP contribution in [0.4, 0.5) is 14.4 Å². The number of primary amides is 4. The topological polar surface area (TPSA) is 785 Å². The molecule has 13 atom stereocenters. The number of rotatable bonds is 56. The number of nitrogens with one attached hydrogen (secondary N) is 19. The molecule has 36 N–H and O–H groups in total. The number of imidazole rings is 1. The van der Waals surface area contributed by atoms with Gasteiger partial charge in [0.15, 0.2) is 11.9 Å². The maximum absolute atomic E-state index is 15.0. The number of carbonyl (C=O) groups excluding carboxylic acids is 15. The molecule has 3 rings (SSSR count). The Hall–Kier alpha value is -13.3. The van der Waals surface area contributed by atoms with Crippen LogP contribution in [0.2, 0.25) is 0 Å². The molecule has 0 bridgehead atoms. The van der Waals surface area contributed by atoms with Gasteiger partial charge in [-0.05, 0) is 118 Å². The Morgan fingerprint density at radius 1 is 0.403 bits per heavy atom. The number of hydrogen-bond acceptors (Lipinski definition) is 22. The van der Waals surface area contributed by atoms with Crippen LogP contribution in [0.25, 0.3) is 0 Å². The second kappa shape index (κ2) is 53.0. The largest absolute Gasteiger partial charge is 0.508 e. The lowest BCUT2D eigenvalue weighted by Gasteiger charge is -2.31. The van der Waals surface area contributed by atoms with Gasteiger partial charge in [-0.1, -0.05) is 64.8 Å². The van der Waals surface area contributed by atoms with Gasteiger partial charge in [-0.25, -0.2) is 24.2 Å². The van der Waals surface area contributed by atoms with Gasteiger partial charge in [0.1, 0.15) is 71.9 Å². The summed E-state index contributed by atoms with van der Waals surface area (Å²) in [6.45, 7) is 5.44. The number of nitrogens with two attached hydrogens (primary N) is 7. The van der Waals surface area contributed by atoms with Gasteiger partial charge in [-0.3, -0.25) is 68.4 Å². The van der Waals surface area contributed by atoms with Crippen molar-refractivity contribution in [3.8, 4) is 11.5 Å². The number of aliphatic carboxylic acids is 1. The van der Waals surface area contributed by atoms with Crippen molar-refractivity contribution >= 4 is 107 Å². The molecule has 0 saturated heterocycles. The van der Waals surface area contributed by atoms with E-state index in [0.29, 0.717) is 29.7 Å². The third-order valence-corrected chi connectivity index (χ3v) is 18.7. The van der Waals surface area contributed by atoms with Crippen LogP contribution >= 0.6 is 0 Å². The Morgan fingerprint density at radius 2 is 0.739 bits per heavy atom. The summed E-state index contributed by atoms with van der Waals surface area (Å²) in [5.41, 5.74) is 39.7. The molecule has 0 radical (unpaired) electrons. The van der Waals surface area contributed by atoms with Crippen molar-refractivity contribution in [3.63, 3.8) is 0 Å². The number of nitrogens with zero attached hydrogens (tertiary/aromatic N) is 1. The highest BCUT2D eigenvalue weighted by atomic mass is 16.4. The van der Waals surface area contributed by atoms with E-state index in [4.69, 9.17) is 51.0 Å². The van der Waals surface area contributed by atoms with Crippen LogP contribution in [0.15, 0.2) is 61.1 Å². The number of carboxylic acids is 1. The highest BCUT2D eigenvalue weighted by Crippen LogP contribution is 2.18. The van der Waals surface area contributed by atoms with Gasteiger partial charge < -0.3 is 146 Å². The Balaban J connectivity index is 2.07. The Morgan fingerprint density at radius 3 is 1.12 bits per heavy atom. The number of phenolic OH excluding ortho intramolecular Hbond substituents is 2. The summed E-state index contributed by atoms with van der Waals surface area (Å²) in [5.74, 6) is -15.6. The highest BCUT2D eigenvalue weighted by molar-refractivity contribution is 5.99. The van der Waals surface area contributed by atoms with E-state index in [1.807, 2.05) is 0 Å². The number of hydrogen-bond donors (Lipinski definition) is 29. The normalized spacial score (nSPS) is 14.2. The first-order valence-electron chi connectivity index (χ1n) is 38.7. The SMILES string of the molecule is CC[C@H](C)[C@H](NC(=O)[C@H](Cc1ccc(O)cc1)NC(=O)[C@H](CCCNC(N)=O)NC(=O)[C@H](CCCNC(N)=O)NC(=O)[C@H](CCCNC(N)=O)NC(=O)[C@H](CCC(N)=O)NC(=O)[C@H](CCCNC(=N)N)NC(=O)CNC(=O)[C@H](Cc1cnc[nH]1)NC(=O)[C@@H](N)CCCNC(=N)N)C(=O)N[C@H](C(=O)N[C@@H](Cc1ccc(O)cc1)C(=O)O)[C@@H](C)CC. The van der Waals surface area contributed by atoms with E-state index in [1.165, 1.54) is 61.1 Å². The third-order valence-electron chi connectivity index (χ3n) is 18.7. The first kappa shape index (κ1) is 99.9. The number of aromatic nitrogens is 2. The van der Waals surface area contributed by atoms with E-state index in [-0.39, 0.29) is 134 Å². The number of benzene rings is 2. The van der Waals surface area contributed by atoms with E-state index in [9.17, 15) is 92.0 Å². The molecular weight excluding hydrogens is 1560 g/mol. The molecule has 1 aromatic heterocycles. The molecule has 0 aliphatic heterocycles. The first-order valence-corrected chi connectivity index (χ1v) is 38.7. The lowest BCUT2D eigenvalue weighted by atomic mass is 9.94. The van der Waals surface area contributed by atoms with Crippen LogP contribution in [0.1, 0.15) is 134 Å². The zero-order chi connectivity index (χ0) is 88.8. The zero-order valence-corrected chi connectivity index (χ0v) is 66.9. The molecule has 0 fully saturated rings. The van der Waals surface area contributed by atoms with Crippen LogP contribution < -0.4 is 125 Å². The minimum atomic E-state index is -1.78. The molecule has 0 spiro atoms. The van der Waals surface area contributed by atoms with Crippen molar-refractivity contribution < 1.29 is 92.0 Å². The fourth-order valence-electron chi connectivity index (χ4n) is 11.7. The van der Waals surface area contributed by atoms with Gasteiger partial charge >= 0.3 is 24.1 Å². The molecule has 0 aliphatic rings. The summed E-state index contributed by atoms with van der Waals surface area (Å²) in [7, 11) is 0. The Bertz CT molecular complexity index is 3900. The molecule has 46 heteroatoms. The number of guanidine groups is 2. The van der Waals surface area contributed by atoms with Gasteiger partial charge in [0.05, 0.1) is 18.9 Å². The fraction of sp³-hybridized carbons (Fsp3) is 0.548. The lowest BCUT2D eigenvalue weighted by molar-refractivity contribution is -0.142. The minimum Gasteiger partial charge on any atom is -0.508 e. The average Bonchev–Trinajstić information content (AvgIpc) is 1.05. The van der Waals surface area contributed by atoms with Crippen molar-refractivity contribution in [2.45, 2.75) is 203 Å². The predicted octanol–water partition coefficient (Wildman–Crippen LogP) is -6.55. The van der Waals surface area contributed by atoms with Gasteiger partial charge in [0.2, 0.25) is 70.9 Å². The van der Waals surface area contributed by atoms with Gasteiger partial charge in [-0.15, -0.1) is 0 Å². The fourth-order valence-corrected chi connectivity index (χ4v) is 11.7. The third kappa shape index (κ3) is 39.7. The Kier molecular flexibility index (Phi) is 44.5. The number of H-pyrrole nitrogens is 1. The van der Waals surface area contributed by atoms with Crippen molar-refractivity contribution in [1.29, 1.82) is 10.8 Å². The standard InChI is InChI=1S/C73H117N27O19/c1-5-38(3)56(66(113)98-53(68(115)116)33-41-19-23-44(102)24-20-41)100-67(114)57(39(4)6-2)99-65(112)51(32-40-17-21-43(101)22-18-40)97-63(110)49(16-11-31-88-73(82)119)93-61(108)47(14-9-29-86-71(80)117)92-62(109)48(15-10-30-87-72(81)118)94-64(111)50(25-26-54(75)103)95-60(107)46(13-8-28-85-70(78)79)91-55(104)36-89-59(106)52(34-42-35-83-37-90-42)96-58(105)45(74)12-7-27-84-69(76)77/h17-24,35,37-39,45-53,56-57,101-102H,5-16,25-34,36,74H2,1-4H3,(H2,75,103)(H,83,90)(H,89,106)(H,91,104)(H,92,109)(H,93,108)(H,94,111)(H,95,107)(H,96,105)(H,97,110)(H,98,113)(H,99,112)(H,100,114)(H,115,116)(H4,76,77,84)(H4,78,79,85)(H3,80,86,117)(H3,81,87,118)(H3,82,88,119)/t38-,39-,45-,46-,47-,48-,49-,50-,51-,52-,53-,56-,57-/m0/s1. The summed E-state index contributed by atoms with van der Waals surface area (Å²) in [6, 6.07) is -8.80. The number of carboxylic acid groups (broad SMARTS) is 1. The van der Waals surface area contributed by atoms with E-state index in [0.717, 1.165) is 0 Å². The number of aromatic amines is 1. The van der Waals surface area contributed by atoms with E-state index in [1.54, 1.807) is 27.7 Å². The number of amides is 18. The quantitative estimate of drug-likeness (QED) is 0.0142. The zero-order valence-electron chi connectivity index (χ0n) is 66.9. The monoisotopic (exact) mass is 1680 g/mol. The van der Waals surface area contributed by atoms with Crippen LogP contribution in [-0.2, 0) is 81.6 Å². The number of carbonyl (C=O) groups is 16. The molecule has 18 amide bonds. The summed E-state index contributed by atoms with van der Waals surface area (Å²) in [6.07, 6.45) is 0.0961. The average molecular weight is 1680 g/mol. The van der Waals surface area contributed by atoms with Gasteiger partial charge in [0.25, 0.3) is 0 Å². The molecule has 2 aromatic carbocycles. The van der Waals surface area contributed by atoms with Crippen LogP contribution in [-0.4, -0.2) is 238 Å². The second-order valence-corrected chi connectivity index (χ2v) is 28.2. The molecule has 0 aliphatic carbocycles. The number of phenols is 2.